The van der Waals surface area contributed by atoms with Gasteiger partial charge in [0.05, 0.1) is 32.5 Å². The summed E-state index contributed by atoms with van der Waals surface area (Å²) in [5.74, 6) is 0.801. The Morgan fingerprint density at radius 2 is 1.48 bits per heavy atom. The fourth-order valence-corrected chi connectivity index (χ4v) is 3.41. The molecule has 0 amide bonds. The molecule has 0 saturated heterocycles. The van der Waals surface area contributed by atoms with Gasteiger partial charge in [-0.05, 0) is 18.6 Å². The standard InChI is InChI=1S/C21H37O7P/c1-2-3-4-5-6-7-9-14-21(28-29(22,23)24)19-26-16-15-25-17-18-27-20-12-10-8-11-13-20/h8,10-13,21H,2-7,9,14-19H2,1H3,(H2,22,23,24). The highest BCUT2D eigenvalue weighted by molar-refractivity contribution is 7.46. The topological polar surface area (TPSA) is 94.5 Å². The van der Waals surface area contributed by atoms with Gasteiger partial charge in [-0.2, -0.15) is 0 Å². The molecule has 1 aromatic rings. The first-order valence-corrected chi connectivity index (χ1v) is 12.1. The molecule has 1 rings (SSSR count). The summed E-state index contributed by atoms with van der Waals surface area (Å²) in [5, 5.41) is 0. The molecule has 1 atom stereocenters. The molecule has 0 fully saturated rings. The van der Waals surface area contributed by atoms with E-state index in [-0.39, 0.29) is 6.61 Å². The van der Waals surface area contributed by atoms with Crippen molar-refractivity contribution < 1.29 is 33.1 Å². The van der Waals surface area contributed by atoms with Crippen LogP contribution in [0.15, 0.2) is 30.3 Å². The number of rotatable bonds is 19. The zero-order valence-electron chi connectivity index (χ0n) is 17.5. The quantitative estimate of drug-likeness (QED) is 0.241. The molecule has 29 heavy (non-hydrogen) atoms. The fraction of sp³-hybridized carbons (Fsp3) is 0.714. The second-order valence-corrected chi connectivity index (χ2v) is 8.17. The third-order valence-electron chi connectivity index (χ3n) is 4.33. The van der Waals surface area contributed by atoms with Crippen LogP contribution in [0.3, 0.4) is 0 Å². The lowest BCUT2D eigenvalue weighted by atomic mass is 10.1. The molecule has 7 nitrogen and oxygen atoms in total. The Morgan fingerprint density at radius 1 is 0.862 bits per heavy atom. The van der Waals surface area contributed by atoms with Crippen molar-refractivity contribution in [2.45, 2.75) is 64.4 Å². The Hall–Kier alpha value is -0.950. The molecule has 0 aliphatic carbocycles. The predicted molar refractivity (Wildman–Crippen MR) is 113 cm³/mol. The van der Waals surface area contributed by atoms with Crippen molar-refractivity contribution in [2.75, 3.05) is 33.0 Å². The molecular formula is C21H37O7P. The van der Waals surface area contributed by atoms with Crippen molar-refractivity contribution in [1.29, 1.82) is 0 Å². The van der Waals surface area contributed by atoms with E-state index in [1.807, 2.05) is 30.3 Å². The van der Waals surface area contributed by atoms with E-state index < -0.39 is 13.9 Å². The van der Waals surface area contributed by atoms with Gasteiger partial charge in [0.2, 0.25) is 0 Å². The molecule has 0 saturated carbocycles. The van der Waals surface area contributed by atoms with Crippen molar-refractivity contribution in [2.24, 2.45) is 0 Å². The molecule has 0 aliphatic heterocycles. The highest BCUT2D eigenvalue weighted by Gasteiger charge is 2.22. The maximum Gasteiger partial charge on any atom is 0.469 e. The number of ether oxygens (including phenoxy) is 3. The predicted octanol–water partition coefficient (Wildman–Crippen LogP) is 4.72. The fourth-order valence-electron chi connectivity index (χ4n) is 2.86. The van der Waals surface area contributed by atoms with Gasteiger partial charge in [-0.25, -0.2) is 4.57 Å². The van der Waals surface area contributed by atoms with Gasteiger partial charge in [0.25, 0.3) is 0 Å². The molecule has 0 heterocycles. The van der Waals surface area contributed by atoms with E-state index in [1.165, 1.54) is 25.7 Å². The lowest BCUT2D eigenvalue weighted by Gasteiger charge is -2.18. The van der Waals surface area contributed by atoms with Crippen LogP contribution in [0.4, 0.5) is 0 Å². The minimum atomic E-state index is -4.52. The van der Waals surface area contributed by atoms with E-state index in [1.54, 1.807) is 0 Å². The van der Waals surface area contributed by atoms with E-state index in [0.29, 0.717) is 32.8 Å². The van der Waals surface area contributed by atoms with Crippen LogP contribution in [0.1, 0.15) is 58.3 Å². The van der Waals surface area contributed by atoms with Crippen molar-refractivity contribution in [3.63, 3.8) is 0 Å². The normalized spacial score (nSPS) is 12.8. The highest BCUT2D eigenvalue weighted by atomic mass is 31.2. The Morgan fingerprint density at radius 3 is 2.17 bits per heavy atom. The van der Waals surface area contributed by atoms with Gasteiger partial charge in [0, 0.05) is 0 Å². The number of benzene rings is 1. The van der Waals surface area contributed by atoms with Gasteiger partial charge in [-0.1, -0.05) is 70.1 Å². The average Bonchev–Trinajstić information content (AvgIpc) is 2.68. The summed E-state index contributed by atoms with van der Waals surface area (Å²) >= 11 is 0. The van der Waals surface area contributed by atoms with E-state index in [4.69, 9.17) is 28.5 Å². The van der Waals surface area contributed by atoms with Gasteiger partial charge >= 0.3 is 7.82 Å². The molecule has 0 aliphatic rings. The second kappa shape index (κ2) is 16.8. The van der Waals surface area contributed by atoms with E-state index in [0.717, 1.165) is 25.0 Å². The van der Waals surface area contributed by atoms with Gasteiger partial charge in [0.15, 0.2) is 0 Å². The molecule has 0 aromatic heterocycles. The average molecular weight is 432 g/mol. The minimum Gasteiger partial charge on any atom is -0.491 e. The number of phosphoric ester groups is 1. The van der Waals surface area contributed by atoms with Crippen LogP contribution in [0.25, 0.3) is 0 Å². The molecule has 0 radical (unpaired) electrons. The largest absolute Gasteiger partial charge is 0.491 e. The molecule has 0 spiro atoms. The van der Waals surface area contributed by atoms with Crippen LogP contribution in [-0.4, -0.2) is 48.9 Å². The number of unbranched alkanes of at least 4 members (excludes halogenated alkanes) is 6. The van der Waals surface area contributed by atoms with Gasteiger partial charge in [-0.3, -0.25) is 4.52 Å². The molecular weight excluding hydrogens is 395 g/mol. The molecule has 1 aromatic carbocycles. The number of para-hydroxylation sites is 1. The summed E-state index contributed by atoms with van der Waals surface area (Å²) in [6, 6.07) is 9.52. The van der Waals surface area contributed by atoms with Gasteiger partial charge < -0.3 is 24.0 Å². The summed E-state index contributed by atoms with van der Waals surface area (Å²) < 4.78 is 32.4. The van der Waals surface area contributed by atoms with Crippen LogP contribution < -0.4 is 4.74 Å². The Kier molecular flexibility index (Phi) is 15.1. The first-order chi connectivity index (χ1) is 14.0. The van der Waals surface area contributed by atoms with Crippen LogP contribution in [-0.2, 0) is 18.6 Å². The second-order valence-electron chi connectivity index (χ2n) is 6.98. The van der Waals surface area contributed by atoms with Crippen LogP contribution in [0.5, 0.6) is 5.75 Å². The third kappa shape index (κ3) is 16.5. The van der Waals surface area contributed by atoms with Crippen LogP contribution in [0, 0.1) is 0 Å². The lowest BCUT2D eigenvalue weighted by Crippen LogP contribution is -2.21. The number of phosphoric acid groups is 1. The maximum absolute atomic E-state index is 11.2. The Bertz CT molecular complexity index is 535. The van der Waals surface area contributed by atoms with Crippen molar-refractivity contribution in [1.82, 2.24) is 0 Å². The molecule has 2 N–H and O–H groups in total. The van der Waals surface area contributed by atoms with Gasteiger partial charge in [-0.15, -0.1) is 0 Å². The summed E-state index contributed by atoms with van der Waals surface area (Å²) in [6.07, 6.45) is 7.96. The smallest absolute Gasteiger partial charge is 0.469 e. The highest BCUT2D eigenvalue weighted by Crippen LogP contribution is 2.38. The third-order valence-corrected chi connectivity index (χ3v) is 4.90. The van der Waals surface area contributed by atoms with Crippen LogP contribution >= 0.6 is 7.82 Å². The summed E-state index contributed by atoms with van der Waals surface area (Å²) in [5.41, 5.74) is 0. The first kappa shape index (κ1) is 26.1. The zero-order valence-corrected chi connectivity index (χ0v) is 18.4. The summed E-state index contributed by atoms with van der Waals surface area (Å²) in [6.45, 7) is 3.95. The van der Waals surface area contributed by atoms with Crippen molar-refractivity contribution >= 4 is 7.82 Å². The zero-order chi connectivity index (χ0) is 21.2. The first-order valence-electron chi connectivity index (χ1n) is 10.6. The van der Waals surface area contributed by atoms with E-state index >= 15 is 0 Å². The van der Waals surface area contributed by atoms with E-state index in [2.05, 4.69) is 6.92 Å². The number of hydrogen-bond acceptors (Lipinski definition) is 5. The Balaban J connectivity index is 2.07. The van der Waals surface area contributed by atoms with Crippen molar-refractivity contribution in [3.05, 3.63) is 30.3 Å². The number of hydrogen-bond donors (Lipinski definition) is 2. The van der Waals surface area contributed by atoms with Crippen molar-refractivity contribution in [3.8, 4) is 5.75 Å². The summed E-state index contributed by atoms with van der Waals surface area (Å²) in [4.78, 5) is 18.2. The van der Waals surface area contributed by atoms with Crippen LogP contribution in [0.2, 0.25) is 0 Å². The monoisotopic (exact) mass is 432 g/mol. The lowest BCUT2D eigenvalue weighted by molar-refractivity contribution is -0.00355. The SMILES string of the molecule is CCCCCCCCCC(COCCOCCOc1ccccc1)OP(=O)(O)O. The molecule has 8 heteroatoms. The minimum absolute atomic E-state index is 0.144. The van der Waals surface area contributed by atoms with Gasteiger partial charge in [0.1, 0.15) is 12.4 Å². The molecule has 168 valence electrons. The Labute approximate surface area is 174 Å². The van der Waals surface area contributed by atoms with E-state index in [9.17, 15) is 4.57 Å². The maximum atomic E-state index is 11.2. The molecule has 0 bridgehead atoms. The summed E-state index contributed by atoms with van der Waals surface area (Å²) in [7, 11) is -4.52. The molecule has 1 unspecified atom stereocenters.